The van der Waals surface area contributed by atoms with E-state index in [1.165, 1.54) is 0 Å². The van der Waals surface area contributed by atoms with E-state index in [1.54, 1.807) is 0 Å². The number of carbonyl (C=O) groups is 2. The Morgan fingerprint density at radius 2 is 0.664 bits per heavy atom. The number of aliphatic carboxylic acids is 2. The van der Waals surface area contributed by atoms with Gasteiger partial charge in [-0.15, -0.1) is 0 Å². The zero-order chi connectivity index (χ0) is 102. The van der Waals surface area contributed by atoms with E-state index < -0.39 is 439 Å². The average Bonchev–Trinajstić information content (AvgIpc) is 0.727. The molecule has 0 aromatic rings. The second-order valence-electron chi connectivity index (χ2n) is 33.1. The second kappa shape index (κ2) is 48.0. The van der Waals surface area contributed by atoms with Crippen LogP contribution in [0.2, 0.25) is 0 Å². The van der Waals surface area contributed by atoms with E-state index in [0.29, 0.717) is 0 Å². The molecular formula is C67H115O67P3. The number of rotatable bonds is 41. The van der Waals surface area contributed by atoms with Crippen LogP contribution in [0.4, 0.5) is 0 Å². The molecular weight excluding hydrogens is 1970 g/mol. The SMILES string of the molecule is O=C(O)[C@@]1(O[C@@H]2C[C@](O)(C(=O)O)O[C@H]([C@H](O)CO)[C@@H]2O[C@H]2O[C@H]([C@@H](O)CO)[C@@H](OP(=O)(O)OP(=O)(O)O)[C@H](O[C@H]3O[C@H]([C@@H](O)CO[C@H]4O[C@H]([C@@H](O)CO)[C@@H](O)[C@H](O)[C@@H]4O)[C@@H](OP(=O)(O)O)[C@H](O[C@H]4O[C@H](CO)[C@@H](O)[C@H](O[C@H]5O[C@H](CO)[C@@H](O)[C@H](O[C@@H]6O[C@H](CO)[C@@H](O)[C@H](O)[C@H]6O)[C@H]5O[C@H]5O[C@H](CO)[C@H](O)[C@H](O)[C@H]5O[C@H]5O[C@H](CO)[C@H](O)[C@H](O)[C@H]5O)[C@H]4O)[C@@H]3O)[C@@H]2O)C[C@@H](O)[C@@H](O)[C@@H]([C@H](O)CO)O1. The molecule has 10 saturated heterocycles. The lowest BCUT2D eigenvalue weighted by Gasteiger charge is -2.52. The minimum atomic E-state index is -6.78. The Morgan fingerprint density at radius 1 is 0.314 bits per heavy atom. The summed E-state index contributed by atoms with van der Waals surface area (Å²) in [5.74, 6) is -12.4. The van der Waals surface area contributed by atoms with Crippen molar-refractivity contribution in [1.29, 1.82) is 0 Å². The first-order chi connectivity index (χ1) is 64.0. The van der Waals surface area contributed by atoms with Gasteiger partial charge in [0.2, 0.25) is 0 Å². The van der Waals surface area contributed by atoms with Crippen molar-refractivity contribution in [3.8, 4) is 0 Å². The molecule has 10 heterocycles. The molecule has 10 aliphatic rings. The van der Waals surface area contributed by atoms with Crippen molar-refractivity contribution in [2.75, 3.05) is 66.1 Å². The molecule has 0 radical (unpaired) electrons. The minimum absolute atomic E-state index is 1.15. The van der Waals surface area contributed by atoms with E-state index in [1.807, 2.05) is 0 Å². The van der Waals surface area contributed by atoms with Crippen molar-refractivity contribution < 1.29 is 330 Å². The number of phosphoric ester groups is 2. The van der Waals surface area contributed by atoms with Crippen LogP contribution in [-0.4, -0.2) is 606 Å². The third-order valence-electron chi connectivity index (χ3n) is 23.7. The molecule has 800 valence electrons. The van der Waals surface area contributed by atoms with Gasteiger partial charge in [-0.3, -0.25) is 9.05 Å². The van der Waals surface area contributed by atoms with Gasteiger partial charge in [0, 0.05) is 12.8 Å². The fourth-order valence-corrected chi connectivity index (χ4v) is 18.9. The van der Waals surface area contributed by atoms with E-state index in [2.05, 4.69) is 4.31 Å². The molecule has 0 saturated carbocycles. The summed E-state index contributed by atoms with van der Waals surface area (Å²) in [5, 5.41) is 389. The summed E-state index contributed by atoms with van der Waals surface area (Å²) in [4.78, 5) is 78.8. The first-order valence-corrected chi connectivity index (χ1v) is 45.9. The summed E-state index contributed by atoms with van der Waals surface area (Å²) in [6.07, 6.45) is -138. The van der Waals surface area contributed by atoms with Gasteiger partial charge in [-0.2, -0.15) is 4.31 Å². The van der Waals surface area contributed by atoms with E-state index in [-0.39, 0.29) is 0 Å². The van der Waals surface area contributed by atoms with Crippen molar-refractivity contribution in [2.45, 2.75) is 337 Å². The van der Waals surface area contributed by atoms with Crippen molar-refractivity contribution in [3.05, 3.63) is 0 Å². The zero-order valence-electron chi connectivity index (χ0n) is 70.2. The monoisotopic (exact) mass is 2080 g/mol. The fourth-order valence-electron chi connectivity index (χ4n) is 16.5. The zero-order valence-corrected chi connectivity index (χ0v) is 72.9. The maximum absolute atomic E-state index is 14.0. The van der Waals surface area contributed by atoms with Crippen molar-refractivity contribution in [1.82, 2.24) is 0 Å². The molecule has 10 rings (SSSR count). The third kappa shape index (κ3) is 26.0. The van der Waals surface area contributed by atoms with E-state index in [4.69, 9.17) is 99.0 Å². The summed E-state index contributed by atoms with van der Waals surface area (Å²) in [7, 11) is -19.8. The molecule has 67 nitrogen and oxygen atoms in total. The molecule has 1 unspecified atom stereocenters. The Morgan fingerprint density at radius 3 is 1.12 bits per heavy atom. The van der Waals surface area contributed by atoms with Gasteiger partial charge in [0.05, 0.1) is 78.3 Å². The van der Waals surface area contributed by atoms with Crippen LogP contribution in [0.15, 0.2) is 0 Å². The van der Waals surface area contributed by atoms with Gasteiger partial charge in [0.25, 0.3) is 11.6 Å². The summed E-state index contributed by atoms with van der Waals surface area (Å²) in [6.45, 7) is -14.6. The topological polar surface area (TPSA) is 1100 Å². The van der Waals surface area contributed by atoms with Gasteiger partial charge in [-0.25, -0.2) is 23.3 Å². The maximum Gasteiger partial charge on any atom is 0.481 e. The number of aliphatic hydroxyl groups is 33. The second-order valence-corrected chi connectivity index (χ2v) is 37.1. The molecule has 137 heavy (non-hydrogen) atoms. The number of hydrogen-bond donors (Lipinski definition) is 40. The lowest BCUT2D eigenvalue weighted by molar-refractivity contribution is -0.419. The molecule has 0 aromatic heterocycles. The summed E-state index contributed by atoms with van der Waals surface area (Å²) < 4.78 is 163. The van der Waals surface area contributed by atoms with Crippen LogP contribution in [0.3, 0.4) is 0 Å². The Labute approximate surface area is 766 Å². The van der Waals surface area contributed by atoms with Gasteiger partial charge in [-0.1, -0.05) is 0 Å². The maximum atomic E-state index is 14.0. The Kier molecular flexibility index (Phi) is 40.7. The first kappa shape index (κ1) is 116. The molecule has 70 heteroatoms. The van der Waals surface area contributed by atoms with Crippen molar-refractivity contribution >= 4 is 35.4 Å². The van der Waals surface area contributed by atoms with Gasteiger partial charge >= 0.3 is 35.4 Å². The molecule has 0 aromatic carbocycles. The lowest BCUT2D eigenvalue weighted by atomic mass is 9.89. The fraction of sp³-hybridized carbons (Fsp3) is 0.970. The first-order valence-electron chi connectivity index (χ1n) is 41.3. The van der Waals surface area contributed by atoms with Crippen LogP contribution in [0.25, 0.3) is 0 Å². The highest BCUT2D eigenvalue weighted by Crippen LogP contribution is 2.60. The molecule has 0 bridgehead atoms. The highest BCUT2D eigenvalue weighted by atomic mass is 31.3. The molecule has 0 spiro atoms. The minimum Gasteiger partial charge on any atom is -0.477 e. The Hall–Kier alpha value is -2.77. The van der Waals surface area contributed by atoms with Gasteiger partial charge in [0.15, 0.2) is 50.3 Å². The number of carboxylic acids is 2. The van der Waals surface area contributed by atoms with Crippen molar-refractivity contribution in [2.24, 2.45) is 0 Å². The Balaban J connectivity index is 1.11. The van der Waals surface area contributed by atoms with Gasteiger partial charge in [0.1, 0.15) is 250 Å². The van der Waals surface area contributed by atoms with Crippen LogP contribution in [0.5, 0.6) is 0 Å². The number of ether oxygens (including phenoxy) is 19. The summed E-state index contributed by atoms with van der Waals surface area (Å²) in [5.41, 5.74) is 0. The molecule has 10 fully saturated rings. The molecule has 10 aliphatic heterocycles. The normalized spacial score (nSPS) is 47.7. The van der Waals surface area contributed by atoms with E-state index >= 15 is 0 Å². The lowest BCUT2D eigenvalue weighted by Crippen LogP contribution is -2.71. The van der Waals surface area contributed by atoms with E-state index in [9.17, 15) is 226 Å². The van der Waals surface area contributed by atoms with Crippen LogP contribution in [0, 0.1) is 0 Å². The molecule has 54 atom stereocenters. The Bertz CT molecular complexity index is 3930. The quantitative estimate of drug-likeness (QED) is 0.0253. The highest BCUT2D eigenvalue weighted by molar-refractivity contribution is 7.60. The number of hydrogen-bond acceptors (Lipinski definition) is 60. The highest BCUT2D eigenvalue weighted by Gasteiger charge is 2.67. The van der Waals surface area contributed by atoms with Gasteiger partial charge < -0.3 is 293 Å². The predicted molar refractivity (Wildman–Crippen MR) is 403 cm³/mol. The van der Waals surface area contributed by atoms with Crippen LogP contribution in [-0.2, 0) is 127 Å². The van der Waals surface area contributed by atoms with Crippen LogP contribution in [0.1, 0.15) is 12.8 Å². The average molecular weight is 2090 g/mol. The van der Waals surface area contributed by atoms with Crippen molar-refractivity contribution in [3.63, 3.8) is 0 Å². The number of phosphoric acid groups is 3. The predicted octanol–water partition coefficient (Wildman–Crippen LogP) is -24.7. The van der Waals surface area contributed by atoms with E-state index in [0.717, 1.165) is 0 Å². The summed E-state index contributed by atoms with van der Waals surface area (Å²) in [6, 6.07) is 0. The smallest absolute Gasteiger partial charge is 0.477 e. The number of aliphatic hydroxyl groups excluding tert-OH is 32. The molecule has 0 amide bonds. The molecule has 40 N–H and O–H groups in total. The van der Waals surface area contributed by atoms with Crippen LogP contribution < -0.4 is 0 Å². The molecule has 0 aliphatic carbocycles. The third-order valence-corrected chi connectivity index (χ3v) is 26.4. The van der Waals surface area contributed by atoms with Crippen LogP contribution >= 0.6 is 23.5 Å². The van der Waals surface area contributed by atoms with Gasteiger partial charge in [-0.05, 0) is 0 Å². The largest absolute Gasteiger partial charge is 0.481 e. The standard InChI is InChI=1S/C67H115O67P3/c68-3-14(78)42-35(93)33(91)36(94)56(119-42)113-12-18(82)45-53(132-135(105,106)107)50(40(98)61(121-45)126-51-41(99)60(120-44(16(80)5-70)54(51)133-137(111,112)134-136(108,109)110)122-47-19(2-66(104,64(100)101)130-46(47)17(81)6-71)129-67(65(102)103)1-13(77)25(83)43(131-67)15(79)4-69)125-59-39(97)48(29(87)23(10-75)116-59)123-63-55(49(30(88)24(11-76)118-63)124-57-37(95)31(89)26(84)20(7-72)114-57)128-62-52(34(92)28(86)22(9-74)117-62)127-58-38(96)32(90)27(85)21(8-73)115-58/h13-63,68-99,104H,1-12H2,(H,100,101)(H,102,103)(H,111,112)(H2,105,106,107)(H2,108,109,110)/t13-,14+,15-,16+,17-,18+,19-,20-,21-,22-,23-,24-,25-,26-,27+,28+,29-,30-,31+,32+,33+,34+,35+,36+,37-,38-,39-,40+,41+,42-,43-,44-,45-,46-,47-,48+,49+,50-,51-,52-,53-,54-,55-,56+,57+,58-,59-,60-,61-,62-,63-,66-,67-/m1/s1. The summed E-state index contributed by atoms with van der Waals surface area (Å²) >= 11 is 0. The number of carboxylic acid groups (broad SMARTS) is 2.